The van der Waals surface area contributed by atoms with Crippen molar-refractivity contribution >= 4 is 46.7 Å². The van der Waals surface area contributed by atoms with Crippen LogP contribution in [0.1, 0.15) is 44.4 Å². The van der Waals surface area contributed by atoms with Gasteiger partial charge in [-0.05, 0) is 64.7 Å². The lowest BCUT2D eigenvalue weighted by atomic mass is 9.55. The van der Waals surface area contributed by atoms with Crippen molar-refractivity contribution in [1.82, 2.24) is 0 Å². The maximum atomic E-state index is 14.0. The molecule has 1 fully saturated rings. The van der Waals surface area contributed by atoms with Gasteiger partial charge in [0.05, 0.1) is 23.1 Å². The van der Waals surface area contributed by atoms with E-state index in [0.29, 0.717) is 16.4 Å². The van der Waals surface area contributed by atoms with Gasteiger partial charge in [-0.3, -0.25) is 14.4 Å². The monoisotopic (exact) mass is 562 g/mol. The van der Waals surface area contributed by atoms with E-state index in [2.05, 4.69) is 29.6 Å². The first kappa shape index (κ1) is 25.2. The molecule has 2 atom stereocenters. The van der Waals surface area contributed by atoms with Crippen LogP contribution in [0.4, 0.5) is 11.4 Å². The molecule has 202 valence electrons. The van der Waals surface area contributed by atoms with Crippen LogP contribution in [0.2, 0.25) is 5.02 Å². The second-order valence-electron chi connectivity index (χ2n) is 10.5. The molecule has 1 saturated heterocycles. The molecule has 4 aromatic rings. The molecule has 1 heterocycles. The Hall–Kier alpha value is -4.75. The van der Waals surface area contributed by atoms with Gasteiger partial charge in [0.2, 0.25) is 11.8 Å². The van der Waals surface area contributed by atoms with Gasteiger partial charge in [-0.1, -0.05) is 66.2 Å². The Bertz CT molecular complexity index is 1640. The van der Waals surface area contributed by atoms with Crippen LogP contribution < -0.4 is 10.2 Å². The number of nitrogens with one attached hydrogen (secondary N) is 1. The topological polar surface area (TPSA) is 92.8 Å². The van der Waals surface area contributed by atoms with Gasteiger partial charge in [0.15, 0.2) is 6.61 Å². The molecule has 1 aliphatic heterocycles. The summed E-state index contributed by atoms with van der Waals surface area (Å²) in [6.45, 7) is -0.503. The van der Waals surface area contributed by atoms with Crippen molar-refractivity contribution in [3.8, 4) is 0 Å². The number of imide groups is 1. The normalized spacial score (nSPS) is 21.6. The first-order valence-corrected chi connectivity index (χ1v) is 13.7. The molecule has 0 aromatic heterocycles. The molecule has 41 heavy (non-hydrogen) atoms. The maximum absolute atomic E-state index is 14.0. The fraction of sp³-hybridized carbons (Fsp3) is 0.152. The van der Waals surface area contributed by atoms with E-state index < -0.39 is 30.3 Å². The minimum absolute atomic E-state index is 0.131. The van der Waals surface area contributed by atoms with Gasteiger partial charge >= 0.3 is 5.97 Å². The van der Waals surface area contributed by atoms with Gasteiger partial charge in [0, 0.05) is 22.5 Å². The summed E-state index contributed by atoms with van der Waals surface area (Å²) in [4.78, 5) is 54.3. The van der Waals surface area contributed by atoms with Crippen LogP contribution >= 0.6 is 11.6 Å². The number of nitrogens with zero attached hydrogens (tertiary/aromatic N) is 1. The van der Waals surface area contributed by atoms with Gasteiger partial charge in [-0.15, -0.1) is 0 Å². The molecule has 4 aliphatic rings. The average Bonchev–Trinajstić information content (AvgIpc) is 3.27. The number of rotatable bonds is 5. The van der Waals surface area contributed by atoms with Gasteiger partial charge in [0.1, 0.15) is 0 Å². The number of ether oxygens (including phenoxy) is 1. The second kappa shape index (κ2) is 9.71. The molecule has 0 radical (unpaired) electrons. The molecule has 2 bridgehead atoms. The molecular weight excluding hydrogens is 540 g/mol. The highest BCUT2D eigenvalue weighted by atomic mass is 35.5. The fourth-order valence-electron chi connectivity index (χ4n) is 6.65. The van der Waals surface area contributed by atoms with Gasteiger partial charge in [-0.2, -0.15) is 0 Å². The smallest absolute Gasteiger partial charge is 0.338 e. The SMILES string of the molecule is O=C(COC(=O)c1cccc(N2C(=O)[C@H]3C4c5ccccc5C(c5ccccc54)[C@@H]3C2=O)c1)Nc1ccc(Cl)cc1. The highest BCUT2D eigenvalue weighted by molar-refractivity contribution is 6.30. The van der Waals surface area contributed by atoms with E-state index in [1.165, 1.54) is 17.0 Å². The Morgan fingerprint density at radius 1 is 0.732 bits per heavy atom. The quantitative estimate of drug-likeness (QED) is 0.255. The zero-order valence-electron chi connectivity index (χ0n) is 21.6. The van der Waals surface area contributed by atoms with Crippen LogP contribution in [0, 0.1) is 11.8 Å². The van der Waals surface area contributed by atoms with Crippen LogP contribution in [-0.4, -0.2) is 30.3 Å². The van der Waals surface area contributed by atoms with Gasteiger partial charge in [-0.25, -0.2) is 9.69 Å². The summed E-state index contributed by atoms with van der Waals surface area (Å²) in [6.07, 6.45) is 0. The Morgan fingerprint density at radius 3 is 1.80 bits per heavy atom. The van der Waals surface area contributed by atoms with Gasteiger partial charge in [0.25, 0.3) is 5.91 Å². The zero-order chi connectivity index (χ0) is 28.2. The number of carbonyl (C=O) groups is 4. The number of halogens is 1. The summed E-state index contributed by atoms with van der Waals surface area (Å²) >= 11 is 5.86. The molecule has 4 aromatic carbocycles. The van der Waals surface area contributed by atoms with Crippen molar-refractivity contribution in [3.05, 3.63) is 130 Å². The Labute approximate surface area is 240 Å². The van der Waals surface area contributed by atoms with E-state index in [1.807, 2.05) is 24.3 Å². The number of amides is 3. The lowest BCUT2D eigenvalue weighted by molar-refractivity contribution is -0.122. The van der Waals surface area contributed by atoms with E-state index in [9.17, 15) is 19.2 Å². The van der Waals surface area contributed by atoms with E-state index >= 15 is 0 Å². The van der Waals surface area contributed by atoms with E-state index in [1.54, 1.807) is 36.4 Å². The van der Waals surface area contributed by atoms with Crippen LogP contribution in [0.3, 0.4) is 0 Å². The largest absolute Gasteiger partial charge is 0.452 e. The standard InChI is InChI=1S/C33H23ClN2O5/c34-19-12-14-20(15-13-19)35-26(37)17-41-33(40)18-6-5-7-21(16-18)36-31(38)29-27-22-8-1-2-9-23(22)28(30(29)32(36)39)25-11-4-3-10-24(25)27/h1-16,27-30H,17H2,(H,35,37)/t27?,28?,29-,30-/m0/s1. The predicted molar refractivity (Wildman–Crippen MR) is 153 cm³/mol. The number of hydrogen-bond acceptors (Lipinski definition) is 5. The molecule has 7 nitrogen and oxygen atoms in total. The number of hydrogen-bond donors (Lipinski definition) is 1. The average molecular weight is 563 g/mol. The first-order valence-electron chi connectivity index (χ1n) is 13.3. The highest BCUT2D eigenvalue weighted by Crippen LogP contribution is 2.61. The minimum Gasteiger partial charge on any atom is -0.452 e. The van der Waals surface area contributed by atoms with E-state index in [4.69, 9.17) is 16.3 Å². The highest BCUT2D eigenvalue weighted by Gasteiger charge is 2.61. The second-order valence-corrected chi connectivity index (χ2v) is 10.9. The minimum atomic E-state index is -0.741. The van der Waals surface area contributed by atoms with Gasteiger partial charge < -0.3 is 10.1 Å². The number of anilines is 2. The Balaban J connectivity index is 1.13. The molecule has 8 rings (SSSR count). The predicted octanol–water partition coefficient (Wildman–Crippen LogP) is 5.53. The third-order valence-corrected chi connectivity index (χ3v) is 8.50. The molecular formula is C33H23ClN2O5. The number of benzene rings is 4. The van der Waals surface area contributed by atoms with Crippen molar-refractivity contribution in [2.75, 3.05) is 16.8 Å². The maximum Gasteiger partial charge on any atom is 0.338 e. The first-order chi connectivity index (χ1) is 19.9. The van der Waals surface area contributed by atoms with Crippen LogP contribution in [-0.2, 0) is 19.1 Å². The summed E-state index contributed by atoms with van der Waals surface area (Å²) in [5.41, 5.74) is 5.32. The molecule has 8 heteroatoms. The summed E-state index contributed by atoms with van der Waals surface area (Å²) in [7, 11) is 0. The number of carbonyl (C=O) groups excluding carboxylic acids is 4. The third kappa shape index (κ3) is 4.04. The Kier molecular flexibility index (Phi) is 5.98. The van der Waals surface area contributed by atoms with Crippen molar-refractivity contribution in [2.45, 2.75) is 11.8 Å². The zero-order valence-corrected chi connectivity index (χ0v) is 22.4. The van der Waals surface area contributed by atoms with Crippen molar-refractivity contribution < 1.29 is 23.9 Å². The fourth-order valence-corrected chi connectivity index (χ4v) is 6.77. The third-order valence-electron chi connectivity index (χ3n) is 8.25. The summed E-state index contributed by atoms with van der Waals surface area (Å²) < 4.78 is 5.22. The molecule has 0 saturated carbocycles. The number of esters is 1. The summed E-state index contributed by atoms with van der Waals surface area (Å²) in [5.74, 6) is -3.28. The molecule has 1 N–H and O–H groups in total. The Morgan fingerprint density at radius 2 is 1.27 bits per heavy atom. The van der Waals surface area contributed by atoms with Crippen molar-refractivity contribution in [2.24, 2.45) is 11.8 Å². The summed E-state index contributed by atoms with van der Waals surface area (Å²) in [6, 6.07) is 28.9. The van der Waals surface area contributed by atoms with E-state index in [-0.39, 0.29) is 29.2 Å². The summed E-state index contributed by atoms with van der Waals surface area (Å²) in [5, 5.41) is 3.16. The van der Waals surface area contributed by atoms with Crippen LogP contribution in [0.25, 0.3) is 0 Å². The molecule has 3 amide bonds. The molecule has 3 aliphatic carbocycles. The van der Waals surface area contributed by atoms with Crippen LogP contribution in [0.15, 0.2) is 97.1 Å². The van der Waals surface area contributed by atoms with E-state index in [0.717, 1.165) is 22.3 Å². The molecule has 0 unspecified atom stereocenters. The van der Waals surface area contributed by atoms with Crippen molar-refractivity contribution in [1.29, 1.82) is 0 Å². The lowest BCUT2D eigenvalue weighted by Crippen LogP contribution is -2.41. The van der Waals surface area contributed by atoms with Crippen molar-refractivity contribution in [3.63, 3.8) is 0 Å². The lowest BCUT2D eigenvalue weighted by Gasteiger charge is -2.45. The molecule has 0 spiro atoms. The van der Waals surface area contributed by atoms with Crippen LogP contribution in [0.5, 0.6) is 0 Å².